The molecule has 2 saturated heterocycles. The fourth-order valence-corrected chi connectivity index (χ4v) is 8.47. The molecule has 1 atom stereocenters. The summed E-state index contributed by atoms with van der Waals surface area (Å²) in [5.41, 5.74) is 20.0. The largest absolute Gasteiger partial charge is 0.478 e. The number of furan rings is 2. The van der Waals surface area contributed by atoms with Crippen LogP contribution in [0.15, 0.2) is 131 Å². The number of carboxylic acids is 1. The predicted octanol–water partition coefficient (Wildman–Crippen LogP) is 10.2. The normalized spacial score (nSPS) is 14.3. The summed E-state index contributed by atoms with van der Waals surface area (Å²) in [5.74, 6) is 1.10. The van der Waals surface area contributed by atoms with E-state index in [0.29, 0.717) is 61.5 Å². The molecule has 2 aliphatic rings. The topological polar surface area (TPSA) is 234 Å². The lowest BCUT2D eigenvalue weighted by molar-refractivity contribution is -0.115. The van der Waals surface area contributed by atoms with Crippen molar-refractivity contribution in [1.82, 2.24) is 30.2 Å². The number of carboxylic acid groups (broad SMARTS) is 1. The summed E-state index contributed by atoms with van der Waals surface area (Å²) < 4.78 is 25.5. The van der Waals surface area contributed by atoms with E-state index < -0.39 is 12.1 Å². The highest BCUT2D eigenvalue weighted by molar-refractivity contribution is 5.96. The first-order valence-electron chi connectivity index (χ1n) is 24.5. The number of hydrogen-bond acceptors (Lipinski definition) is 13. The number of benzene rings is 2. The summed E-state index contributed by atoms with van der Waals surface area (Å²) in [7, 11) is 0. The SMILES string of the molecule is C1CCNC1.Cc1cc(-c2ccc(C(=O)N3CC[C@H](F)C3)cn2)cc2cc(CCC(=O)/C=C/c3ccc(N)nc3)oc12.Cc1cc(-c2ccc(C(=O)O)cn2)cc2cc(CCC(=O)/C=C/c3ccc(N)nc3)oc12. The number of alkyl halides is 1. The van der Waals surface area contributed by atoms with E-state index >= 15 is 0 Å². The van der Waals surface area contributed by atoms with Crippen molar-refractivity contribution in [3.63, 3.8) is 0 Å². The minimum atomic E-state index is -1.01. The molecule has 16 heteroatoms. The molecule has 1 amide bonds. The number of aromatic nitrogens is 4. The number of carbonyl (C=O) groups excluding carboxylic acids is 3. The highest BCUT2D eigenvalue weighted by Gasteiger charge is 2.27. The Hall–Kier alpha value is -8.63. The third-order valence-corrected chi connectivity index (χ3v) is 12.5. The monoisotopic (exact) mass is 996 g/mol. The van der Waals surface area contributed by atoms with Crippen LogP contribution < -0.4 is 16.8 Å². The number of nitrogens with zero attached hydrogens (tertiary/aromatic N) is 5. The summed E-state index contributed by atoms with van der Waals surface area (Å²) in [4.78, 5) is 66.4. The molecule has 2 aliphatic heterocycles. The van der Waals surface area contributed by atoms with Crippen LogP contribution in [-0.4, -0.2) is 85.7 Å². The van der Waals surface area contributed by atoms with Crippen molar-refractivity contribution in [2.45, 2.75) is 65.0 Å². The van der Waals surface area contributed by atoms with Gasteiger partial charge in [-0.05, 0) is 178 Å². The van der Waals surface area contributed by atoms with Gasteiger partial charge in [0, 0.05) is 78.9 Å². The molecule has 2 fully saturated rings. The summed E-state index contributed by atoms with van der Waals surface area (Å²) >= 11 is 0. The Labute approximate surface area is 427 Å². The average molecular weight is 997 g/mol. The Morgan fingerprint density at radius 3 is 1.57 bits per heavy atom. The summed E-state index contributed by atoms with van der Waals surface area (Å²) in [6.45, 7) is 6.98. The number of ketones is 2. The molecule has 0 spiro atoms. The van der Waals surface area contributed by atoms with Gasteiger partial charge in [-0.15, -0.1) is 0 Å². The highest BCUT2D eigenvalue weighted by Crippen LogP contribution is 2.32. The van der Waals surface area contributed by atoms with Crippen LogP contribution in [0.5, 0.6) is 0 Å². The molecule has 6 N–H and O–H groups in total. The molecule has 10 rings (SSSR count). The van der Waals surface area contributed by atoms with E-state index in [-0.39, 0.29) is 29.6 Å². The van der Waals surface area contributed by atoms with E-state index in [1.54, 1.807) is 79.3 Å². The Morgan fingerprint density at radius 1 is 0.676 bits per heavy atom. The second kappa shape index (κ2) is 24.2. The average Bonchev–Trinajstić information content (AvgIpc) is 4.27. The fourth-order valence-electron chi connectivity index (χ4n) is 8.47. The number of allylic oxidation sites excluding steroid dienone is 2. The van der Waals surface area contributed by atoms with Gasteiger partial charge in [-0.3, -0.25) is 24.4 Å². The second-order valence-electron chi connectivity index (χ2n) is 18.2. The Morgan fingerprint density at radius 2 is 1.18 bits per heavy atom. The van der Waals surface area contributed by atoms with Gasteiger partial charge in [0.2, 0.25) is 0 Å². The van der Waals surface area contributed by atoms with E-state index in [2.05, 4.69) is 25.3 Å². The maximum atomic E-state index is 13.5. The number of pyridine rings is 4. The van der Waals surface area contributed by atoms with Gasteiger partial charge in [-0.25, -0.2) is 19.2 Å². The zero-order valence-corrected chi connectivity index (χ0v) is 41.2. The number of carbonyl (C=O) groups is 4. The van der Waals surface area contributed by atoms with Crippen LogP contribution in [0.3, 0.4) is 0 Å². The predicted molar refractivity (Wildman–Crippen MR) is 285 cm³/mol. The third-order valence-electron chi connectivity index (χ3n) is 12.5. The first-order chi connectivity index (χ1) is 35.7. The summed E-state index contributed by atoms with van der Waals surface area (Å²) in [6, 6.07) is 25.5. The van der Waals surface area contributed by atoms with E-state index in [9.17, 15) is 23.6 Å². The molecular formula is C58H57FN8O7. The maximum absolute atomic E-state index is 13.5. The first-order valence-corrected chi connectivity index (χ1v) is 24.5. The van der Waals surface area contributed by atoms with Crippen molar-refractivity contribution in [2.75, 3.05) is 37.6 Å². The molecule has 378 valence electrons. The molecule has 0 bridgehead atoms. The molecule has 2 aromatic carbocycles. The van der Waals surface area contributed by atoms with E-state index in [0.717, 1.165) is 72.5 Å². The Kier molecular flexibility index (Phi) is 16.9. The lowest BCUT2D eigenvalue weighted by atomic mass is 10.0. The molecule has 0 unspecified atom stereocenters. The number of hydrogen-bond donors (Lipinski definition) is 4. The molecule has 74 heavy (non-hydrogen) atoms. The number of halogens is 1. The lowest BCUT2D eigenvalue weighted by Gasteiger charge is -2.15. The Balaban J connectivity index is 0.000000181. The summed E-state index contributed by atoms with van der Waals surface area (Å²) in [6.07, 6.45) is 16.5. The molecule has 8 aromatic rings. The number of nitrogens with two attached hydrogens (primary N) is 2. The number of likely N-dealkylation sites (tertiary alicyclic amines) is 1. The first kappa shape index (κ1) is 51.7. The van der Waals surface area contributed by atoms with Crippen LogP contribution in [0.25, 0.3) is 56.6 Å². The third kappa shape index (κ3) is 13.9. The van der Waals surface area contributed by atoms with Gasteiger partial charge in [0.25, 0.3) is 5.91 Å². The molecule has 0 saturated carbocycles. The molecule has 0 aliphatic carbocycles. The van der Waals surface area contributed by atoms with Crippen molar-refractivity contribution >= 4 is 69.2 Å². The van der Waals surface area contributed by atoms with Gasteiger partial charge in [0.15, 0.2) is 11.6 Å². The highest BCUT2D eigenvalue weighted by atomic mass is 19.1. The van der Waals surface area contributed by atoms with Crippen molar-refractivity contribution in [1.29, 1.82) is 0 Å². The van der Waals surface area contributed by atoms with Crippen molar-refractivity contribution in [3.8, 4) is 22.5 Å². The van der Waals surface area contributed by atoms with Crippen molar-refractivity contribution < 1.29 is 37.5 Å². The number of aryl methyl sites for hydroxylation is 4. The number of nitrogen functional groups attached to an aromatic ring is 2. The minimum absolute atomic E-state index is 0.00973. The van der Waals surface area contributed by atoms with Crippen LogP contribution in [0.4, 0.5) is 16.0 Å². The van der Waals surface area contributed by atoms with Gasteiger partial charge in [0.1, 0.15) is 40.5 Å². The lowest BCUT2D eigenvalue weighted by Crippen LogP contribution is -2.29. The van der Waals surface area contributed by atoms with Gasteiger partial charge < -0.3 is 35.6 Å². The van der Waals surface area contributed by atoms with Crippen LogP contribution >= 0.6 is 0 Å². The van der Waals surface area contributed by atoms with Gasteiger partial charge in [-0.1, -0.05) is 0 Å². The smallest absolute Gasteiger partial charge is 0.337 e. The second-order valence-corrected chi connectivity index (χ2v) is 18.2. The number of fused-ring (bicyclic) bond motifs is 2. The number of aromatic carboxylic acids is 1. The van der Waals surface area contributed by atoms with Gasteiger partial charge in [0.05, 0.1) is 29.1 Å². The van der Waals surface area contributed by atoms with Crippen LogP contribution in [0, 0.1) is 13.8 Å². The molecule has 15 nitrogen and oxygen atoms in total. The van der Waals surface area contributed by atoms with Crippen molar-refractivity contribution in [2.24, 2.45) is 0 Å². The van der Waals surface area contributed by atoms with E-state index in [1.165, 1.54) is 49.2 Å². The summed E-state index contributed by atoms with van der Waals surface area (Å²) in [5, 5.41) is 14.1. The quantitative estimate of drug-likeness (QED) is 0.0743. The maximum Gasteiger partial charge on any atom is 0.337 e. The molecule has 8 heterocycles. The number of rotatable bonds is 14. The number of nitrogens with one attached hydrogen (secondary N) is 1. The van der Waals surface area contributed by atoms with Gasteiger partial charge >= 0.3 is 5.97 Å². The standard InChI is InChI=1S/C29H27FN4O3.C25H21N3O4.C4H9N/c1-18-12-21(26-8-4-20(16-32-26)29(36)34-11-10-23(30)17-34)13-22-14-25(37-28(18)22)7-6-24(35)5-2-19-3-9-27(31)33-15-19;1-15-10-18(22-8-4-17(14-27-22)25(30)31)11-19-12-21(32-24(15)19)7-6-20(29)5-2-16-3-9-23(26)28-13-16;1-2-4-5-3-1/h2-5,8-9,12-16,23H,6-7,10-11,17H2,1H3,(H2,31,33);2-5,8-14H,6-7H2,1H3,(H2,26,28)(H,30,31);5H,1-4H2/b2*5-2+;/t23-;;/m0../s1. The van der Waals surface area contributed by atoms with E-state index in [1.807, 2.05) is 50.2 Å². The van der Waals surface area contributed by atoms with Crippen molar-refractivity contribution in [3.05, 3.63) is 167 Å². The molecular weight excluding hydrogens is 940 g/mol. The van der Waals surface area contributed by atoms with E-state index in [4.69, 9.17) is 25.4 Å². The van der Waals surface area contributed by atoms with Crippen LogP contribution in [0.2, 0.25) is 0 Å². The number of amides is 1. The minimum Gasteiger partial charge on any atom is -0.478 e. The fraction of sp³-hybridized carbons (Fsp3) is 0.241. The Bertz CT molecular complexity index is 3320. The number of anilines is 2. The van der Waals surface area contributed by atoms with Gasteiger partial charge in [-0.2, -0.15) is 0 Å². The zero-order valence-electron chi connectivity index (χ0n) is 41.2. The van der Waals surface area contributed by atoms with Crippen LogP contribution in [-0.2, 0) is 22.4 Å². The molecule has 6 aromatic heterocycles. The molecule has 0 radical (unpaired) electrons. The zero-order chi connectivity index (χ0) is 52.1. The van der Waals surface area contributed by atoms with Crippen LogP contribution in [0.1, 0.15) is 86.6 Å².